The molecule has 2 aliphatic carbocycles. The van der Waals surface area contributed by atoms with Crippen LogP contribution in [0.3, 0.4) is 0 Å². The van der Waals surface area contributed by atoms with Crippen molar-refractivity contribution in [2.75, 3.05) is 5.43 Å². The number of fused-ring (bicyclic) bond motifs is 4. The van der Waals surface area contributed by atoms with Crippen LogP contribution in [-0.4, -0.2) is 40.1 Å². The number of ether oxygens (including phenoxy) is 1. The summed E-state index contributed by atoms with van der Waals surface area (Å²) in [5, 5.41) is 14.7. The summed E-state index contributed by atoms with van der Waals surface area (Å²) in [6.45, 7) is 0. The van der Waals surface area contributed by atoms with Crippen LogP contribution in [0.4, 0.5) is 23.2 Å². The van der Waals surface area contributed by atoms with Gasteiger partial charge >= 0.3 is 6.36 Å². The summed E-state index contributed by atoms with van der Waals surface area (Å²) >= 11 is 6.21. The lowest BCUT2D eigenvalue weighted by molar-refractivity contribution is -0.274. The van der Waals surface area contributed by atoms with Gasteiger partial charge < -0.3 is 9.84 Å². The molecule has 0 radical (unpaired) electrons. The minimum Gasteiger partial charge on any atom is -0.508 e. The zero-order chi connectivity index (χ0) is 33.4. The molecule has 3 aromatic carbocycles. The Bertz CT molecular complexity index is 1870. The maximum Gasteiger partial charge on any atom is 0.573 e. The average molecular weight is 670 g/mol. The number of hydrogen-bond acceptors (Lipinski definition) is 7. The summed E-state index contributed by atoms with van der Waals surface area (Å²) in [7, 11) is 0. The third-order valence-corrected chi connectivity index (χ3v) is 9.89. The van der Waals surface area contributed by atoms with Gasteiger partial charge in [-0.15, -0.1) is 13.2 Å². The number of carbonyl (C=O) groups excluding carboxylic acids is 4. The molecular weight excluding hydrogens is 646 g/mol. The fourth-order valence-corrected chi connectivity index (χ4v) is 8.00. The molecule has 2 heterocycles. The number of hydrazine groups is 1. The molecule has 14 heteroatoms. The Balaban J connectivity index is 1.49. The predicted molar refractivity (Wildman–Crippen MR) is 157 cm³/mol. The predicted octanol–water partition coefficient (Wildman–Crippen LogP) is 5.36. The number of rotatable bonds is 5. The van der Waals surface area contributed by atoms with Gasteiger partial charge in [-0.25, -0.2) is 4.39 Å². The van der Waals surface area contributed by atoms with Crippen LogP contribution in [0.5, 0.6) is 11.5 Å². The van der Waals surface area contributed by atoms with Gasteiger partial charge in [0, 0.05) is 16.5 Å². The lowest BCUT2D eigenvalue weighted by Gasteiger charge is -2.50. The minimum atomic E-state index is -5.09. The van der Waals surface area contributed by atoms with Crippen molar-refractivity contribution < 1.29 is 46.6 Å². The highest BCUT2D eigenvalue weighted by Crippen LogP contribution is 2.64. The molecule has 0 bridgehead atoms. The van der Waals surface area contributed by atoms with Crippen molar-refractivity contribution in [1.82, 2.24) is 10.3 Å². The van der Waals surface area contributed by atoms with Crippen molar-refractivity contribution in [3.05, 3.63) is 100 Å². The van der Waals surface area contributed by atoms with Crippen LogP contribution in [0.2, 0.25) is 5.02 Å². The SMILES string of the molecule is O=C1NC(=O)C2C1CC=C1C2CC2C(=O)N(Nc3ccc(F)cc3)C(=O)C2(c2ccc(Cl)cc2)C1c1cc(OC(F)(F)F)ccc1O. The summed E-state index contributed by atoms with van der Waals surface area (Å²) in [5.41, 5.74) is 1.58. The van der Waals surface area contributed by atoms with E-state index in [1.807, 2.05) is 0 Å². The van der Waals surface area contributed by atoms with Crippen LogP contribution >= 0.6 is 11.6 Å². The summed E-state index contributed by atoms with van der Waals surface area (Å²) in [4.78, 5) is 55.2. The van der Waals surface area contributed by atoms with E-state index in [1.165, 1.54) is 36.4 Å². The zero-order valence-electron chi connectivity index (χ0n) is 24.1. The molecule has 0 aromatic heterocycles. The highest BCUT2D eigenvalue weighted by atomic mass is 35.5. The number of halogens is 5. The van der Waals surface area contributed by atoms with Crippen molar-refractivity contribution in [2.45, 2.75) is 30.5 Å². The molecule has 2 saturated heterocycles. The fraction of sp³-hybridized carbons (Fsp3) is 0.273. The van der Waals surface area contributed by atoms with E-state index < -0.39 is 82.3 Å². The molecule has 3 N–H and O–H groups in total. The van der Waals surface area contributed by atoms with Crippen LogP contribution in [-0.2, 0) is 24.6 Å². The monoisotopic (exact) mass is 669 g/mol. The molecule has 3 fully saturated rings. The maximum absolute atomic E-state index is 14.9. The molecule has 4 amide bonds. The van der Waals surface area contributed by atoms with Gasteiger partial charge in [-0.05, 0) is 78.9 Å². The van der Waals surface area contributed by atoms with Gasteiger partial charge in [-0.1, -0.05) is 35.4 Å². The van der Waals surface area contributed by atoms with Crippen LogP contribution in [0.1, 0.15) is 29.9 Å². The largest absolute Gasteiger partial charge is 0.573 e. The molecule has 3 aromatic rings. The Morgan fingerprint density at radius 2 is 1.66 bits per heavy atom. The molecule has 0 spiro atoms. The number of anilines is 1. The second-order valence-electron chi connectivity index (χ2n) is 12.0. The van der Waals surface area contributed by atoms with E-state index >= 15 is 0 Å². The van der Waals surface area contributed by atoms with E-state index in [4.69, 9.17) is 11.6 Å². The average Bonchev–Trinajstić information content (AvgIpc) is 3.43. The standard InChI is InChI=1S/C33H24ClF4N3O6/c34-16-3-1-15(2-4-16)32-24(30(45)41(31(32)46)40-18-7-5-17(35)6-8-18)14-22-20(10-11-21-26(22)29(44)39-28(21)43)27(32)23-13-19(9-12-25(23)42)47-33(36,37)38/h1-10,12-13,21-22,24,26-27,40,42H,11,14H2,(H,39,43,44). The van der Waals surface area contributed by atoms with E-state index in [-0.39, 0.29) is 29.7 Å². The number of nitrogens with one attached hydrogen (secondary N) is 2. The van der Waals surface area contributed by atoms with Gasteiger partial charge in [0.25, 0.3) is 11.8 Å². The molecule has 6 atom stereocenters. The van der Waals surface area contributed by atoms with Crippen LogP contribution in [0.15, 0.2) is 78.4 Å². The third-order valence-electron chi connectivity index (χ3n) is 9.64. The number of benzene rings is 3. The van der Waals surface area contributed by atoms with Gasteiger partial charge in [0.2, 0.25) is 11.8 Å². The Hall–Kier alpha value is -4.91. The third kappa shape index (κ3) is 4.82. The minimum absolute atomic E-state index is 0.0745. The molecule has 6 unspecified atom stereocenters. The summed E-state index contributed by atoms with van der Waals surface area (Å²) in [6, 6.07) is 13.8. The van der Waals surface area contributed by atoms with E-state index in [1.54, 1.807) is 6.08 Å². The molecular formula is C33H24ClF4N3O6. The number of carbonyl (C=O) groups is 4. The Kier molecular flexibility index (Phi) is 7.08. The van der Waals surface area contributed by atoms with Crippen molar-refractivity contribution >= 4 is 40.9 Å². The van der Waals surface area contributed by atoms with Crippen molar-refractivity contribution in [1.29, 1.82) is 0 Å². The number of allylic oxidation sites excluding steroid dienone is 2. The number of phenols is 1. The number of nitrogens with zero attached hydrogens (tertiary/aromatic N) is 1. The van der Waals surface area contributed by atoms with Crippen molar-refractivity contribution in [2.24, 2.45) is 23.7 Å². The lowest BCUT2D eigenvalue weighted by Crippen LogP contribution is -2.53. The second kappa shape index (κ2) is 10.8. The summed E-state index contributed by atoms with van der Waals surface area (Å²) < 4.78 is 58.0. The van der Waals surface area contributed by atoms with Gasteiger partial charge in [0.1, 0.15) is 17.3 Å². The number of imide groups is 2. The normalized spacial score (nSPS) is 28.3. The first-order valence-corrected chi connectivity index (χ1v) is 15.0. The fourth-order valence-electron chi connectivity index (χ4n) is 7.87. The Morgan fingerprint density at radius 1 is 0.957 bits per heavy atom. The number of hydrogen-bond donors (Lipinski definition) is 3. The highest BCUT2D eigenvalue weighted by Gasteiger charge is 2.70. The Morgan fingerprint density at radius 3 is 2.34 bits per heavy atom. The van der Waals surface area contributed by atoms with Crippen LogP contribution in [0, 0.1) is 29.5 Å². The molecule has 242 valence electrons. The maximum atomic E-state index is 14.9. The van der Waals surface area contributed by atoms with Crippen LogP contribution < -0.4 is 15.5 Å². The molecule has 2 aliphatic heterocycles. The van der Waals surface area contributed by atoms with Crippen LogP contribution in [0.25, 0.3) is 0 Å². The van der Waals surface area contributed by atoms with Crippen molar-refractivity contribution in [3.63, 3.8) is 0 Å². The molecule has 47 heavy (non-hydrogen) atoms. The molecule has 7 rings (SSSR count). The quantitative estimate of drug-likeness (QED) is 0.190. The molecule has 4 aliphatic rings. The number of amides is 4. The van der Waals surface area contributed by atoms with E-state index in [0.29, 0.717) is 10.6 Å². The smallest absolute Gasteiger partial charge is 0.508 e. The van der Waals surface area contributed by atoms with Gasteiger partial charge in [0.05, 0.1) is 28.9 Å². The van der Waals surface area contributed by atoms with Gasteiger partial charge in [-0.2, -0.15) is 5.01 Å². The first kappa shape index (κ1) is 30.7. The topological polar surface area (TPSA) is 125 Å². The van der Waals surface area contributed by atoms with E-state index in [9.17, 15) is 41.8 Å². The lowest BCUT2D eigenvalue weighted by atomic mass is 9.49. The van der Waals surface area contributed by atoms with E-state index in [0.717, 1.165) is 35.3 Å². The first-order valence-electron chi connectivity index (χ1n) is 14.6. The highest BCUT2D eigenvalue weighted by molar-refractivity contribution is 6.30. The van der Waals surface area contributed by atoms with Crippen molar-refractivity contribution in [3.8, 4) is 11.5 Å². The number of alkyl halides is 3. The molecule has 9 nitrogen and oxygen atoms in total. The summed E-state index contributed by atoms with van der Waals surface area (Å²) in [5.74, 6) is -9.36. The first-order chi connectivity index (χ1) is 22.3. The number of aromatic hydroxyl groups is 1. The van der Waals surface area contributed by atoms with E-state index in [2.05, 4.69) is 15.5 Å². The summed E-state index contributed by atoms with van der Waals surface area (Å²) in [6.07, 6.45) is -3.43. The molecule has 1 saturated carbocycles. The Labute approximate surface area is 269 Å². The van der Waals surface area contributed by atoms with Gasteiger partial charge in [-0.3, -0.25) is 29.9 Å². The van der Waals surface area contributed by atoms with Gasteiger partial charge in [0.15, 0.2) is 0 Å². The zero-order valence-corrected chi connectivity index (χ0v) is 24.8. The number of phenolic OH excluding ortho intramolecular Hbond substituents is 1. The second-order valence-corrected chi connectivity index (χ2v) is 12.4.